The van der Waals surface area contributed by atoms with Gasteiger partial charge in [0.05, 0.1) is 11.6 Å². The third-order valence-electron chi connectivity index (χ3n) is 5.20. The predicted molar refractivity (Wildman–Crippen MR) is 125 cm³/mol. The van der Waals surface area contributed by atoms with Crippen LogP contribution in [-0.4, -0.2) is 24.0 Å². The maximum Gasteiger partial charge on any atom is 0.135 e. The van der Waals surface area contributed by atoms with Crippen molar-refractivity contribution in [2.75, 3.05) is 13.1 Å². The molecule has 3 nitrogen and oxygen atoms in total. The Morgan fingerprint density at radius 1 is 0.897 bits per heavy atom. The van der Waals surface area contributed by atoms with Crippen molar-refractivity contribution in [3.05, 3.63) is 83.1 Å². The predicted octanol–water partition coefficient (Wildman–Crippen LogP) is 6.20. The van der Waals surface area contributed by atoms with Crippen molar-refractivity contribution in [1.29, 1.82) is 0 Å². The van der Waals surface area contributed by atoms with E-state index in [9.17, 15) is 0 Å². The Morgan fingerprint density at radius 3 is 2.31 bits per heavy atom. The van der Waals surface area contributed by atoms with Gasteiger partial charge in [0, 0.05) is 18.2 Å². The van der Waals surface area contributed by atoms with Crippen molar-refractivity contribution in [3.8, 4) is 11.3 Å². The number of nitrogens with one attached hydrogen (secondary N) is 1. The molecule has 0 saturated carbocycles. The monoisotopic (exact) mass is 452 g/mol. The molecule has 6 heteroatoms. The molecule has 4 rings (SSSR count). The van der Waals surface area contributed by atoms with Crippen LogP contribution in [0.15, 0.2) is 71.1 Å². The fourth-order valence-electron chi connectivity index (χ4n) is 3.66. The molecule has 156 valence electrons. The van der Waals surface area contributed by atoms with Crippen LogP contribution in [0.4, 0.5) is 0 Å². The first-order valence-corrected chi connectivity index (χ1v) is 9.99. The first-order chi connectivity index (χ1) is 13.3. The second kappa shape index (κ2) is 11.6. The fraction of sp³-hybridized carbons (Fsp3) is 0.304. The Hall–Kier alpha value is -1.49. The number of hydrogen-bond donors (Lipinski definition) is 1. The highest BCUT2D eigenvalue weighted by molar-refractivity contribution is 6.33. The Bertz CT molecular complexity index is 861. The average Bonchev–Trinajstić information content (AvgIpc) is 3.17. The summed E-state index contributed by atoms with van der Waals surface area (Å²) in [5.41, 5.74) is 2.34. The molecule has 1 aromatic heterocycles. The zero-order valence-electron chi connectivity index (χ0n) is 16.2. The Morgan fingerprint density at radius 2 is 1.59 bits per heavy atom. The van der Waals surface area contributed by atoms with E-state index in [1.165, 1.54) is 18.4 Å². The molecule has 1 fully saturated rings. The van der Waals surface area contributed by atoms with Gasteiger partial charge in [0.25, 0.3) is 0 Å². The Labute approximate surface area is 190 Å². The number of likely N-dealkylation sites (tertiary alicyclic amines) is 1. The minimum atomic E-state index is 0. The van der Waals surface area contributed by atoms with E-state index in [2.05, 4.69) is 40.5 Å². The van der Waals surface area contributed by atoms with Gasteiger partial charge in [-0.3, -0.25) is 4.90 Å². The van der Waals surface area contributed by atoms with Crippen molar-refractivity contribution in [3.63, 3.8) is 0 Å². The molecule has 0 radical (unpaired) electrons. The molecule has 1 N–H and O–H groups in total. The summed E-state index contributed by atoms with van der Waals surface area (Å²) in [7, 11) is 0. The number of piperidine rings is 1. The van der Waals surface area contributed by atoms with Crippen molar-refractivity contribution in [2.45, 2.75) is 32.0 Å². The van der Waals surface area contributed by atoms with Gasteiger partial charge < -0.3 is 9.73 Å². The summed E-state index contributed by atoms with van der Waals surface area (Å²) in [6.07, 6.45) is 2.34. The summed E-state index contributed by atoms with van der Waals surface area (Å²) >= 11 is 6.26. The molecule has 3 aromatic rings. The van der Waals surface area contributed by atoms with E-state index in [1.807, 2.05) is 36.4 Å². The van der Waals surface area contributed by atoms with Crippen molar-refractivity contribution in [1.82, 2.24) is 10.2 Å². The minimum absolute atomic E-state index is 0. The van der Waals surface area contributed by atoms with E-state index in [4.69, 9.17) is 16.0 Å². The maximum atomic E-state index is 6.26. The lowest BCUT2D eigenvalue weighted by atomic mass is 10.0. The van der Waals surface area contributed by atoms with Crippen LogP contribution in [0, 0.1) is 0 Å². The summed E-state index contributed by atoms with van der Waals surface area (Å²) in [6, 6.07) is 23.1. The third-order valence-corrected chi connectivity index (χ3v) is 5.53. The molecule has 29 heavy (non-hydrogen) atoms. The van der Waals surface area contributed by atoms with E-state index in [0.29, 0.717) is 6.04 Å². The van der Waals surface area contributed by atoms with Gasteiger partial charge in [-0.05, 0) is 55.8 Å². The van der Waals surface area contributed by atoms with E-state index < -0.39 is 0 Å². The smallest absolute Gasteiger partial charge is 0.135 e. The SMILES string of the molecule is Cl.Cl.Clc1ccccc1-c1ccc(CNC2CCN(Cc3ccccc3)CC2)o1. The van der Waals surface area contributed by atoms with Gasteiger partial charge in [-0.15, -0.1) is 24.8 Å². The Kier molecular flexibility index (Phi) is 9.54. The largest absolute Gasteiger partial charge is 0.460 e. The Balaban J connectivity index is 0.00000150. The summed E-state index contributed by atoms with van der Waals surface area (Å²) in [4.78, 5) is 2.54. The molecular formula is C23H27Cl3N2O. The molecule has 0 spiro atoms. The lowest BCUT2D eigenvalue weighted by Gasteiger charge is -2.32. The topological polar surface area (TPSA) is 28.4 Å². The molecule has 1 aliphatic heterocycles. The summed E-state index contributed by atoms with van der Waals surface area (Å²) in [5, 5.41) is 4.37. The van der Waals surface area contributed by atoms with E-state index in [0.717, 1.165) is 48.3 Å². The molecule has 0 bridgehead atoms. The van der Waals surface area contributed by atoms with Crippen molar-refractivity contribution >= 4 is 36.4 Å². The number of rotatable bonds is 6. The van der Waals surface area contributed by atoms with Crippen LogP contribution in [0.1, 0.15) is 24.2 Å². The normalized spacial score (nSPS) is 14.8. The van der Waals surface area contributed by atoms with Gasteiger partial charge in [0.15, 0.2) is 0 Å². The molecule has 0 aliphatic carbocycles. The van der Waals surface area contributed by atoms with Crippen LogP contribution in [0.5, 0.6) is 0 Å². The van der Waals surface area contributed by atoms with Crippen LogP contribution in [0.3, 0.4) is 0 Å². The average molecular weight is 454 g/mol. The van der Waals surface area contributed by atoms with Gasteiger partial charge in [-0.1, -0.05) is 54.1 Å². The maximum absolute atomic E-state index is 6.26. The molecule has 1 saturated heterocycles. The number of benzene rings is 2. The molecule has 2 aromatic carbocycles. The zero-order chi connectivity index (χ0) is 18.5. The van der Waals surface area contributed by atoms with E-state index >= 15 is 0 Å². The van der Waals surface area contributed by atoms with Gasteiger partial charge in [-0.2, -0.15) is 0 Å². The van der Waals surface area contributed by atoms with Gasteiger partial charge in [-0.25, -0.2) is 0 Å². The minimum Gasteiger partial charge on any atom is -0.460 e. The van der Waals surface area contributed by atoms with Crippen molar-refractivity contribution in [2.24, 2.45) is 0 Å². The molecule has 1 aliphatic rings. The highest BCUT2D eigenvalue weighted by atomic mass is 35.5. The first-order valence-electron chi connectivity index (χ1n) is 9.61. The molecule has 0 amide bonds. The lowest BCUT2D eigenvalue weighted by Crippen LogP contribution is -2.41. The zero-order valence-corrected chi connectivity index (χ0v) is 18.6. The number of hydrogen-bond acceptors (Lipinski definition) is 3. The van der Waals surface area contributed by atoms with Crippen LogP contribution >= 0.6 is 36.4 Å². The highest BCUT2D eigenvalue weighted by Crippen LogP contribution is 2.29. The van der Waals surface area contributed by atoms with Crippen LogP contribution in [-0.2, 0) is 13.1 Å². The van der Waals surface area contributed by atoms with Crippen LogP contribution < -0.4 is 5.32 Å². The summed E-state index contributed by atoms with van der Waals surface area (Å²) in [5.74, 6) is 1.78. The van der Waals surface area contributed by atoms with E-state index in [1.54, 1.807) is 0 Å². The fourth-order valence-corrected chi connectivity index (χ4v) is 3.89. The molecule has 0 atom stereocenters. The third kappa shape index (κ3) is 6.50. The quantitative estimate of drug-likeness (QED) is 0.482. The summed E-state index contributed by atoms with van der Waals surface area (Å²) < 4.78 is 5.98. The number of furan rings is 1. The van der Waals surface area contributed by atoms with Gasteiger partial charge in [0.2, 0.25) is 0 Å². The highest BCUT2D eigenvalue weighted by Gasteiger charge is 2.19. The van der Waals surface area contributed by atoms with E-state index in [-0.39, 0.29) is 24.8 Å². The number of halogens is 3. The summed E-state index contributed by atoms with van der Waals surface area (Å²) in [6.45, 7) is 4.08. The molecule has 0 unspecified atom stereocenters. The second-order valence-corrected chi connectivity index (χ2v) is 7.57. The lowest BCUT2D eigenvalue weighted by molar-refractivity contribution is 0.189. The molecule has 2 heterocycles. The van der Waals surface area contributed by atoms with Gasteiger partial charge >= 0.3 is 0 Å². The van der Waals surface area contributed by atoms with Crippen LogP contribution in [0.25, 0.3) is 11.3 Å². The standard InChI is InChI=1S/C23H25ClN2O.2ClH/c24-22-9-5-4-8-21(22)23-11-10-20(27-23)16-25-19-12-14-26(15-13-19)17-18-6-2-1-3-7-18;;/h1-11,19,25H,12-17H2;2*1H. The first kappa shape index (κ1) is 23.8. The van der Waals surface area contributed by atoms with Gasteiger partial charge in [0.1, 0.15) is 11.5 Å². The molecular weight excluding hydrogens is 427 g/mol. The second-order valence-electron chi connectivity index (χ2n) is 7.16. The van der Waals surface area contributed by atoms with Crippen LogP contribution in [0.2, 0.25) is 5.02 Å². The van der Waals surface area contributed by atoms with Crippen molar-refractivity contribution < 1.29 is 4.42 Å². The number of nitrogens with zero attached hydrogens (tertiary/aromatic N) is 1.